The van der Waals surface area contributed by atoms with Gasteiger partial charge in [0.1, 0.15) is 11.2 Å². The molecule has 2 aromatic heterocycles. The van der Waals surface area contributed by atoms with E-state index in [2.05, 4.69) is 19.2 Å². The van der Waals surface area contributed by atoms with Crippen LogP contribution in [-0.4, -0.2) is 15.0 Å². The molecule has 0 N–H and O–H groups in total. The van der Waals surface area contributed by atoms with Gasteiger partial charge in [-0.05, 0) is 29.3 Å². The first-order valence-corrected chi connectivity index (χ1v) is 12.0. The lowest BCUT2D eigenvalue weighted by Gasteiger charge is -2.09. The zero-order chi connectivity index (χ0) is 25.2. The fourth-order valence-corrected chi connectivity index (χ4v) is 4.53. The Hall–Kier alpha value is -5.09. The van der Waals surface area contributed by atoms with E-state index in [1.165, 1.54) is 0 Å². The molecule has 0 aliphatic carbocycles. The highest BCUT2D eigenvalue weighted by Crippen LogP contribution is 2.37. The number of rotatable bonds is 6. The summed E-state index contributed by atoms with van der Waals surface area (Å²) < 4.78 is 6.24. The van der Waals surface area contributed by atoms with E-state index in [-0.39, 0.29) is 0 Å². The van der Waals surface area contributed by atoms with Crippen molar-refractivity contribution in [2.75, 3.05) is 0 Å². The van der Waals surface area contributed by atoms with Crippen molar-refractivity contribution in [2.24, 2.45) is 0 Å². The van der Waals surface area contributed by atoms with Crippen LogP contribution in [0.25, 0.3) is 61.7 Å². The molecular formula is C33H23N3O. The number of furan rings is 1. The molecule has 0 atom stereocenters. The first-order valence-electron chi connectivity index (χ1n) is 12.0. The molecule has 6 rings (SSSR count). The van der Waals surface area contributed by atoms with Crippen molar-refractivity contribution in [3.05, 3.63) is 134 Å². The van der Waals surface area contributed by atoms with Gasteiger partial charge in [0, 0.05) is 27.5 Å². The zero-order valence-electron chi connectivity index (χ0n) is 20.1. The van der Waals surface area contributed by atoms with Crippen molar-refractivity contribution in [1.29, 1.82) is 0 Å². The minimum atomic E-state index is 0.594. The standard InChI is InChI=1S/C33H23N3O/c1-3-12-22(4-2)25-19-20-28-27(21-25)30-26(17-11-18-29(30)37-28)33-35-31(23-13-7-5-8-14-23)34-32(36-33)24-15-9-6-10-16-24/h3-21H,1-2H2/b22-12+. The molecule has 176 valence electrons. The first kappa shape index (κ1) is 22.4. The Morgan fingerprint density at radius 1 is 0.649 bits per heavy atom. The van der Waals surface area contributed by atoms with Gasteiger partial charge < -0.3 is 4.42 Å². The Labute approximate surface area is 215 Å². The summed E-state index contributed by atoms with van der Waals surface area (Å²) in [5.74, 6) is 1.84. The Kier molecular flexibility index (Phi) is 5.75. The van der Waals surface area contributed by atoms with Crippen LogP contribution in [0.3, 0.4) is 0 Å². The molecule has 0 unspecified atom stereocenters. The number of hydrogen-bond donors (Lipinski definition) is 0. The summed E-state index contributed by atoms with van der Waals surface area (Å²) in [6.45, 7) is 7.79. The normalized spacial score (nSPS) is 11.6. The first-order chi connectivity index (χ1) is 18.2. The van der Waals surface area contributed by atoms with Gasteiger partial charge in [0.15, 0.2) is 17.5 Å². The quantitative estimate of drug-likeness (QED) is 0.226. The Morgan fingerprint density at radius 3 is 1.92 bits per heavy atom. The lowest BCUT2D eigenvalue weighted by atomic mass is 10.00. The van der Waals surface area contributed by atoms with Gasteiger partial charge in [-0.25, -0.2) is 15.0 Å². The summed E-state index contributed by atoms with van der Waals surface area (Å²) in [5, 5.41) is 1.95. The fraction of sp³-hybridized carbons (Fsp3) is 0. The average Bonchev–Trinajstić information content (AvgIpc) is 3.35. The maximum atomic E-state index is 6.24. The molecule has 4 nitrogen and oxygen atoms in total. The molecule has 0 aliphatic heterocycles. The number of benzene rings is 4. The number of allylic oxidation sites excluding steroid dienone is 4. The van der Waals surface area contributed by atoms with Gasteiger partial charge in [-0.2, -0.15) is 0 Å². The van der Waals surface area contributed by atoms with Crippen LogP contribution in [0, 0.1) is 0 Å². The number of fused-ring (bicyclic) bond motifs is 3. The number of nitrogens with zero attached hydrogens (tertiary/aromatic N) is 3. The van der Waals surface area contributed by atoms with E-state index in [1.807, 2.05) is 103 Å². The van der Waals surface area contributed by atoms with Crippen molar-refractivity contribution in [2.45, 2.75) is 0 Å². The van der Waals surface area contributed by atoms with Gasteiger partial charge in [-0.15, -0.1) is 0 Å². The maximum absolute atomic E-state index is 6.24. The SMILES string of the molecule is C=C/C=C(\C=C)c1ccc2oc3cccc(-c4nc(-c5ccccc5)nc(-c5ccccc5)n4)c3c2c1. The van der Waals surface area contributed by atoms with E-state index in [0.29, 0.717) is 17.5 Å². The Balaban J connectivity index is 1.63. The van der Waals surface area contributed by atoms with Crippen LogP contribution in [0.4, 0.5) is 0 Å². The number of aromatic nitrogens is 3. The summed E-state index contributed by atoms with van der Waals surface area (Å²) in [6, 6.07) is 32.1. The molecule has 4 aromatic carbocycles. The van der Waals surface area contributed by atoms with Gasteiger partial charge in [0.25, 0.3) is 0 Å². The lowest BCUT2D eigenvalue weighted by molar-refractivity contribution is 0.669. The van der Waals surface area contributed by atoms with Gasteiger partial charge in [-0.3, -0.25) is 0 Å². The molecule has 0 radical (unpaired) electrons. The van der Waals surface area contributed by atoms with Crippen LogP contribution in [0.15, 0.2) is 133 Å². The molecule has 0 saturated carbocycles. The summed E-state index contributed by atoms with van der Waals surface area (Å²) in [4.78, 5) is 14.7. The number of hydrogen-bond acceptors (Lipinski definition) is 4. The van der Waals surface area contributed by atoms with E-state index in [9.17, 15) is 0 Å². The van der Waals surface area contributed by atoms with Gasteiger partial charge in [0.2, 0.25) is 0 Å². The van der Waals surface area contributed by atoms with Gasteiger partial charge >= 0.3 is 0 Å². The van der Waals surface area contributed by atoms with E-state index < -0.39 is 0 Å². The van der Waals surface area contributed by atoms with Crippen LogP contribution < -0.4 is 0 Å². The monoisotopic (exact) mass is 477 g/mol. The summed E-state index contributed by atoms with van der Waals surface area (Å²) >= 11 is 0. The molecule has 0 bridgehead atoms. The van der Waals surface area contributed by atoms with E-state index >= 15 is 0 Å². The molecule has 2 heterocycles. The Bertz CT molecular complexity index is 1740. The predicted octanol–water partition coefficient (Wildman–Crippen LogP) is 8.53. The van der Waals surface area contributed by atoms with Crippen LogP contribution in [0.5, 0.6) is 0 Å². The lowest BCUT2D eigenvalue weighted by Crippen LogP contribution is -2.00. The predicted molar refractivity (Wildman–Crippen MR) is 152 cm³/mol. The van der Waals surface area contributed by atoms with Crippen LogP contribution in [0.1, 0.15) is 5.56 Å². The largest absolute Gasteiger partial charge is 0.456 e. The zero-order valence-corrected chi connectivity index (χ0v) is 20.1. The van der Waals surface area contributed by atoms with Crippen molar-refractivity contribution < 1.29 is 4.42 Å². The molecule has 6 aromatic rings. The second-order valence-corrected chi connectivity index (χ2v) is 8.59. The highest BCUT2D eigenvalue weighted by molar-refractivity contribution is 6.12. The van der Waals surface area contributed by atoms with E-state index in [0.717, 1.165) is 49.8 Å². The molecule has 37 heavy (non-hydrogen) atoms. The summed E-state index contributed by atoms with van der Waals surface area (Å²) in [5.41, 5.74) is 6.35. The summed E-state index contributed by atoms with van der Waals surface area (Å²) in [7, 11) is 0. The van der Waals surface area contributed by atoms with Gasteiger partial charge in [-0.1, -0.05) is 110 Å². The van der Waals surface area contributed by atoms with Crippen molar-refractivity contribution in [3.8, 4) is 34.2 Å². The molecule has 0 aliphatic rings. The van der Waals surface area contributed by atoms with E-state index in [4.69, 9.17) is 19.4 Å². The smallest absolute Gasteiger partial charge is 0.164 e. The van der Waals surface area contributed by atoms with Crippen molar-refractivity contribution in [1.82, 2.24) is 15.0 Å². The summed E-state index contributed by atoms with van der Waals surface area (Å²) in [6.07, 6.45) is 5.54. The van der Waals surface area contributed by atoms with Gasteiger partial charge in [0.05, 0.1) is 0 Å². The third-order valence-electron chi connectivity index (χ3n) is 6.29. The second kappa shape index (κ2) is 9.51. The molecule has 0 amide bonds. The molecule has 0 spiro atoms. The third-order valence-corrected chi connectivity index (χ3v) is 6.29. The third kappa shape index (κ3) is 4.15. The highest BCUT2D eigenvalue weighted by atomic mass is 16.3. The van der Waals surface area contributed by atoms with E-state index in [1.54, 1.807) is 6.08 Å². The minimum absolute atomic E-state index is 0.594. The average molecular weight is 478 g/mol. The molecule has 0 fully saturated rings. The van der Waals surface area contributed by atoms with Crippen molar-refractivity contribution >= 4 is 27.5 Å². The van der Waals surface area contributed by atoms with Crippen LogP contribution >= 0.6 is 0 Å². The highest BCUT2D eigenvalue weighted by Gasteiger charge is 2.18. The molecular weight excluding hydrogens is 454 g/mol. The maximum Gasteiger partial charge on any atom is 0.164 e. The topological polar surface area (TPSA) is 51.8 Å². The molecule has 0 saturated heterocycles. The Morgan fingerprint density at radius 2 is 1.30 bits per heavy atom. The fourth-order valence-electron chi connectivity index (χ4n) is 4.53. The van der Waals surface area contributed by atoms with Crippen LogP contribution in [0.2, 0.25) is 0 Å². The van der Waals surface area contributed by atoms with Crippen molar-refractivity contribution in [3.63, 3.8) is 0 Å². The van der Waals surface area contributed by atoms with Crippen LogP contribution in [-0.2, 0) is 0 Å². The second-order valence-electron chi connectivity index (χ2n) is 8.59. The molecule has 4 heteroatoms. The minimum Gasteiger partial charge on any atom is -0.456 e.